The van der Waals surface area contributed by atoms with Gasteiger partial charge in [-0.05, 0) is 60.0 Å². The van der Waals surface area contributed by atoms with Crippen LogP contribution in [0.1, 0.15) is 18.1 Å². The molecule has 4 aromatic rings. The summed E-state index contributed by atoms with van der Waals surface area (Å²) in [5.41, 5.74) is 4.73. The largest absolute Gasteiger partial charge is 0.497 e. The second kappa shape index (κ2) is 10.4. The Balaban J connectivity index is 1.81. The SMILES string of the molecule is COc1ccc(-c2oc(N=C/C(C)=C\c3ccccc3)c(C#N)c2-c2ccc(OC)cc2)cc1. The average molecular weight is 449 g/mol. The molecule has 0 spiro atoms. The highest BCUT2D eigenvalue weighted by molar-refractivity contribution is 5.91. The number of ether oxygens (including phenoxy) is 2. The van der Waals surface area contributed by atoms with Gasteiger partial charge in [0.25, 0.3) is 0 Å². The van der Waals surface area contributed by atoms with Gasteiger partial charge in [-0.3, -0.25) is 0 Å². The topological polar surface area (TPSA) is 67.8 Å². The maximum Gasteiger partial charge on any atom is 0.238 e. The summed E-state index contributed by atoms with van der Waals surface area (Å²) in [7, 11) is 3.24. The third kappa shape index (κ3) is 4.92. The number of aliphatic imine (C=N–C) groups is 1. The third-order valence-electron chi connectivity index (χ3n) is 5.31. The first-order valence-electron chi connectivity index (χ1n) is 10.8. The molecule has 5 nitrogen and oxygen atoms in total. The standard InChI is InChI=1S/C29H24N2O3/c1-20(17-21-7-5-4-6-8-21)19-31-29-26(18-30)27(22-9-13-24(32-2)14-10-22)28(34-29)23-11-15-25(33-3)16-12-23/h4-17,19H,1-3H3/b20-17-,31-19?. The molecular formula is C29H24N2O3. The Morgan fingerprint density at radius 2 is 1.44 bits per heavy atom. The Kier molecular flexibility index (Phi) is 6.90. The highest BCUT2D eigenvalue weighted by Crippen LogP contribution is 2.43. The molecule has 0 saturated heterocycles. The Labute approximate surface area is 199 Å². The van der Waals surface area contributed by atoms with Gasteiger partial charge in [0.15, 0.2) is 0 Å². The smallest absolute Gasteiger partial charge is 0.238 e. The molecule has 3 aromatic carbocycles. The first kappa shape index (κ1) is 22.6. The van der Waals surface area contributed by atoms with Crippen LogP contribution in [0.4, 0.5) is 5.88 Å². The number of methoxy groups -OCH3 is 2. The molecule has 0 radical (unpaired) electrons. The van der Waals surface area contributed by atoms with Crippen molar-refractivity contribution in [2.45, 2.75) is 6.92 Å². The minimum absolute atomic E-state index is 0.264. The average Bonchev–Trinajstić information content (AvgIpc) is 3.26. The van der Waals surface area contributed by atoms with Crippen LogP contribution in [0, 0.1) is 11.3 Å². The van der Waals surface area contributed by atoms with E-state index in [-0.39, 0.29) is 5.88 Å². The van der Waals surface area contributed by atoms with Gasteiger partial charge in [0.1, 0.15) is 28.9 Å². The van der Waals surface area contributed by atoms with Crippen LogP contribution in [0.3, 0.4) is 0 Å². The van der Waals surface area contributed by atoms with Crippen molar-refractivity contribution in [3.63, 3.8) is 0 Å². The molecule has 0 amide bonds. The minimum atomic E-state index is 0.264. The molecule has 0 N–H and O–H groups in total. The zero-order chi connectivity index (χ0) is 23.9. The maximum atomic E-state index is 10.1. The van der Waals surface area contributed by atoms with Gasteiger partial charge in [0.2, 0.25) is 5.88 Å². The Hall–Kier alpha value is -4.56. The highest BCUT2D eigenvalue weighted by atomic mass is 16.5. The van der Waals surface area contributed by atoms with Crippen LogP contribution in [-0.2, 0) is 0 Å². The highest BCUT2D eigenvalue weighted by Gasteiger charge is 2.23. The molecule has 0 fully saturated rings. The molecule has 0 aliphatic carbocycles. The lowest BCUT2D eigenvalue weighted by atomic mass is 9.98. The zero-order valence-electron chi connectivity index (χ0n) is 19.3. The lowest BCUT2D eigenvalue weighted by Crippen LogP contribution is -1.87. The lowest BCUT2D eigenvalue weighted by Gasteiger charge is -2.06. The van der Waals surface area contributed by atoms with Crippen LogP contribution in [0.15, 0.2) is 93.8 Å². The summed E-state index contributed by atoms with van der Waals surface area (Å²) < 4.78 is 16.8. The first-order chi connectivity index (χ1) is 16.6. The van der Waals surface area contributed by atoms with Crippen LogP contribution < -0.4 is 9.47 Å². The Bertz CT molecular complexity index is 1360. The third-order valence-corrected chi connectivity index (χ3v) is 5.31. The van der Waals surface area contributed by atoms with Gasteiger partial charge >= 0.3 is 0 Å². The van der Waals surface area contributed by atoms with E-state index in [1.54, 1.807) is 20.4 Å². The van der Waals surface area contributed by atoms with E-state index in [1.165, 1.54) is 0 Å². The summed E-state index contributed by atoms with van der Waals surface area (Å²) in [6, 6.07) is 27.3. The molecule has 34 heavy (non-hydrogen) atoms. The summed E-state index contributed by atoms with van der Waals surface area (Å²) in [6.45, 7) is 1.96. The van der Waals surface area contributed by atoms with E-state index in [2.05, 4.69) is 11.1 Å². The van der Waals surface area contributed by atoms with Crippen molar-refractivity contribution in [1.29, 1.82) is 5.26 Å². The summed E-state index contributed by atoms with van der Waals surface area (Å²) in [6.07, 6.45) is 3.73. The maximum absolute atomic E-state index is 10.1. The molecule has 1 aromatic heterocycles. The van der Waals surface area contributed by atoms with Gasteiger partial charge in [0, 0.05) is 17.3 Å². The number of hydrogen-bond donors (Lipinski definition) is 0. The molecule has 1 heterocycles. The van der Waals surface area contributed by atoms with E-state index in [9.17, 15) is 5.26 Å². The second-order valence-corrected chi connectivity index (χ2v) is 7.61. The second-order valence-electron chi connectivity index (χ2n) is 7.61. The van der Waals surface area contributed by atoms with Crippen LogP contribution in [-0.4, -0.2) is 20.4 Å². The van der Waals surface area contributed by atoms with Crippen molar-refractivity contribution in [1.82, 2.24) is 0 Å². The van der Waals surface area contributed by atoms with Gasteiger partial charge in [-0.25, -0.2) is 4.99 Å². The molecule has 0 unspecified atom stereocenters. The summed E-state index contributed by atoms with van der Waals surface area (Å²) in [4.78, 5) is 4.54. The summed E-state index contributed by atoms with van der Waals surface area (Å²) in [5, 5.41) is 10.1. The van der Waals surface area contributed by atoms with Gasteiger partial charge < -0.3 is 13.9 Å². The van der Waals surface area contributed by atoms with Crippen molar-refractivity contribution in [2.24, 2.45) is 4.99 Å². The molecule has 0 atom stereocenters. The summed E-state index contributed by atoms with van der Waals surface area (Å²) >= 11 is 0. The molecule has 0 aliphatic heterocycles. The number of allylic oxidation sites excluding steroid dienone is 1. The monoisotopic (exact) mass is 448 g/mol. The van der Waals surface area contributed by atoms with Crippen molar-refractivity contribution in [2.75, 3.05) is 14.2 Å². The van der Waals surface area contributed by atoms with Crippen LogP contribution in [0.2, 0.25) is 0 Å². The first-order valence-corrected chi connectivity index (χ1v) is 10.8. The van der Waals surface area contributed by atoms with Crippen molar-refractivity contribution in [3.8, 4) is 40.0 Å². The van der Waals surface area contributed by atoms with Crippen molar-refractivity contribution >= 4 is 18.2 Å². The van der Waals surface area contributed by atoms with Gasteiger partial charge in [-0.2, -0.15) is 5.26 Å². The number of rotatable bonds is 7. The predicted octanol–water partition coefficient (Wildman–Crippen LogP) is 7.31. The molecular weight excluding hydrogens is 424 g/mol. The lowest BCUT2D eigenvalue weighted by molar-refractivity contribution is 0.414. The van der Waals surface area contributed by atoms with E-state index in [0.717, 1.165) is 33.8 Å². The van der Waals surface area contributed by atoms with Crippen molar-refractivity contribution in [3.05, 3.63) is 95.6 Å². The van der Waals surface area contributed by atoms with E-state index in [4.69, 9.17) is 13.9 Å². The predicted molar refractivity (Wildman–Crippen MR) is 136 cm³/mol. The normalized spacial score (nSPS) is 11.4. The molecule has 5 heteroatoms. The summed E-state index contributed by atoms with van der Waals surface area (Å²) in [5.74, 6) is 2.31. The van der Waals surface area contributed by atoms with Gasteiger partial charge in [-0.1, -0.05) is 48.5 Å². The fraction of sp³-hybridized carbons (Fsp3) is 0.103. The zero-order valence-corrected chi connectivity index (χ0v) is 19.3. The van der Waals surface area contributed by atoms with Gasteiger partial charge in [-0.15, -0.1) is 0 Å². The fourth-order valence-electron chi connectivity index (χ4n) is 3.60. The molecule has 4 rings (SSSR count). The van der Waals surface area contributed by atoms with E-state index >= 15 is 0 Å². The molecule has 0 saturated carbocycles. The van der Waals surface area contributed by atoms with Crippen LogP contribution in [0.5, 0.6) is 11.5 Å². The van der Waals surface area contributed by atoms with Crippen molar-refractivity contribution < 1.29 is 13.9 Å². The number of hydrogen-bond acceptors (Lipinski definition) is 5. The quantitative estimate of drug-likeness (QED) is 0.278. The van der Waals surface area contributed by atoms with Crippen LogP contribution in [0.25, 0.3) is 28.5 Å². The van der Waals surface area contributed by atoms with E-state index in [0.29, 0.717) is 16.9 Å². The van der Waals surface area contributed by atoms with E-state index in [1.807, 2.05) is 91.9 Å². The fourth-order valence-corrected chi connectivity index (χ4v) is 3.60. The molecule has 0 aliphatic rings. The molecule has 0 bridgehead atoms. The minimum Gasteiger partial charge on any atom is -0.497 e. The molecule has 168 valence electrons. The van der Waals surface area contributed by atoms with E-state index < -0.39 is 0 Å². The number of furan rings is 1. The number of nitrogens with zero attached hydrogens (tertiary/aromatic N) is 2. The Morgan fingerprint density at radius 3 is 2.00 bits per heavy atom. The van der Waals surface area contributed by atoms with Gasteiger partial charge in [0.05, 0.1) is 14.2 Å². The Morgan fingerprint density at radius 1 is 0.853 bits per heavy atom. The number of benzene rings is 3. The van der Waals surface area contributed by atoms with Crippen LogP contribution >= 0.6 is 0 Å². The number of nitriles is 1.